The van der Waals surface area contributed by atoms with Crippen molar-refractivity contribution in [2.75, 3.05) is 0 Å². The smallest absolute Gasteiger partial charge is 0.110 e. The summed E-state index contributed by atoms with van der Waals surface area (Å²) in [7, 11) is 0. The first kappa shape index (κ1) is 15.1. The van der Waals surface area contributed by atoms with Crippen molar-refractivity contribution in [3.8, 4) is 11.4 Å². The van der Waals surface area contributed by atoms with Gasteiger partial charge in [0.15, 0.2) is 0 Å². The van der Waals surface area contributed by atoms with Crippen LogP contribution in [0.25, 0.3) is 11.4 Å². The molecule has 0 N–H and O–H groups in total. The molecule has 0 saturated heterocycles. The summed E-state index contributed by atoms with van der Waals surface area (Å²) in [5.41, 5.74) is 4.13. The third-order valence-corrected chi connectivity index (χ3v) is 4.01. The van der Waals surface area contributed by atoms with Gasteiger partial charge in [-0.3, -0.25) is 4.99 Å². The summed E-state index contributed by atoms with van der Waals surface area (Å²) >= 11 is 0. The highest BCUT2D eigenvalue weighted by Gasteiger charge is 2.00. The van der Waals surface area contributed by atoms with Crippen molar-refractivity contribution >= 4 is 11.9 Å². The van der Waals surface area contributed by atoms with E-state index in [1.54, 1.807) is 18.7 Å². The zero-order valence-electron chi connectivity index (χ0n) is 13.8. The van der Waals surface area contributed by atoms with Crippen molar-refractivity contribution in [3.63, 3.8) is 0 Å². The van der Waals surface area contributed by atoms with Gasteiger partial charge in [0.2, 0.25) is 0 Å². The molecule has 0 saturated carbocycles. The molecule has 4 aromatic rings. The predicted molar refractivity (Wildman–Crippen MR) is 99.1 cm³/mol. The van der Waals surface area contributed by atoms with E-state index in [0.717, 1.165) is 28.5 Å². The maximum atomic E-state index is 4.54. The van der Waals surface area contributed by atoms with Crippen LogP contribution in [0.1, 0.15) is 11.4 Å². The number of aromatic nitrogens is 4. The minimum absolute atomic E-state index is 0.915. The van der Waals surface area contributed by atoms with Crippen LogP contribution < -0.4 is 0 Å². The monoisotopic (exact) mass is 327 g/mol. The van der Waals surface area contributed by atoms with Crippen molar-refractivity contribution in [2.45, 2.75) is 6.92 Å². The van der Waals surface area contributed by atoms with Crippen LogP contribution in [-0.2, 0) is 0 Å². The molecule has 0 aliphatic heterocycles. The van der Waals surface area contributed by atoms with Crippen LogP contribution in [0.5, 0.6) is 0 Å². The summed E-state index contributed by atoms with van der Waals surface area (Å²) < 4.78 is 4.01. The van der Waals surface area contributed by atoms with Crippen molar-refractivity contribution < 1.29 is 0 Å². The Morgan fingerprint density at radius 2 is 1.64 bits per heavy atom. The molecule has 0 aliphatic carbocycles. The first-order chi connectivity index (χ1) is 12.3. The molecule has 0 unspecified atom stereocenters. The molecule has 2 heterocycles. The first-order valence-corrected chi connectivity index (χ1v) is 8.02. The first-order valence-electron chi connectivity index (χ1n) is 8.02. The maximum Gasteiger partial charge on any atom is 0.110 e. The van der Waals surface area contributed by atoms with E-state index in [2.05, 4.69) is 43.8 Å². The molecule has 0 fully saturated rings. The highest BCUT2D eigenvalue weighted by molar-refractivity contribution is 5.82. The van der Waals surface area contributed by atoms with Crippen LogP contribution in [-0.4, -0.2) is 25.3 Å². The van der Waals surface area contributed by atoms with Gasteiger partial charge in [0.1, 0.15) is 5.82 Å². The maximum absolute atomic E-state index is 4.54. The minimum Gasteiger partial charge on any atom is -0.306 e. The van der Waals surface area contributed by atoms with Gasteiger partial charge in [-0.15, -0.1) is 0 Å². The minimum atomic E-state index is 0.915. The van der Waals surface area contributed by atoms with E-state index in [1.807, 2.05) is 54.4 Å². The van der Waals surface area contributed by atoms with Gasteiger partial charge in [0.25, 0.3) is 0 Å². The van der Waals surface area contributed by atoms with Gasteiger partial charge in [-0.2, -0.15) is 0 Å². The Balaban J connectivity index is 1.49. The van der Waals surface area contributed by atoms with Gasteiger partial charge in [0.05, 0.1) is 12.0 Å². The zero-order valence-corrected chi connectivity index (χ0v) is 13.8. The Kier molecular flexibility index (Phi) is 3.96. The van der Waals surface area contributed by atoms with Gasteiger partial charge < -0.3 is 9.13 Å². The average molecular weight is 327 g/mol. The number of benzene rings is 2. The molecule has 0 aliphatic rings. The van der Waals surface area contributed by atoms with E-state index in [9.17, 15) is 0 Å². The molecule has 0 radical (unpaired) electrons. The molecule has 2 aromatic carbocycles. The molecule has 122 valence electrons. The largest absolute Gasteiger partial charge is 0.306 e. The fraction of sp³-hybridized carbons (Fsp3) is 0.0500. The Morgan fingerprint density at radius 3 is 2.28 bits per heavy atom. The fourth-order valence-electron chi connectivity index (χ4n) is 2.64. The van der Waals surface area contributed by atoms with E-state index in [-0.39, 0.29) is 0 Å². The predicted octanol–water partition coefficient (Wildman–Crippen LogP) is 4.12. The molecule has 5 nitrogen and oxygen atoms in total. The fourth-order valence-corrected chi connectivity index (χ4v) is 2.64. The number of imidazole rings is 2. The second-order valence-electron chi connectivity index (χ2n) is 5.68. The van der Waals surface area contributed by atoms with Crippen molar-refractivity contribution in [1.82, 2.24) is 19.1 Å². The van der Waals surface area contributed by atoms with Gasteiger partial charge in [0, 0.05) is 42.4 Å². The lowest BCUT2D eigenvalue weighted by atomic mass is 10.2. The van der Waals surface area contributed by atoms with E-state index < -0.39 is 0 Å². The average Bonchev–Trinajstić information content (AvgIpc) is 3.33. The molecule has 0 spiro atoms. The summed E-state index contributed by atoms with van der Waals surface area (Å²) in [6.07, 6.45) is 11.1. The van der Waals surface area contributed by atoms with Gasteiger partial charge in [-0.1, -0.05) is 12.1 Å². The normalized spacial score (nSPS) is 11.2. The van der Waals surface area contributed by atoms with E-state index >= 15 is 0 Å². The standard InChI is InChI=1S/C20H17N5/c1-16-22-11-13-25(16)20-6-2-17(3-7-20)14-23-18-4-8-19(9-5-18)24-12-10-21-15-24/h2-15H,1H3/b23-14+. The van der Waals surface area contributed by atoms with Crippen molar-refractivity contribution in [1.29, 1.82) is 0 Å². The number of rotatable bonds is 4. The molecule has 5 heteroatoms. The van der Waals surface area contributed by atoms with Crippen LogP contribution in [0.15, 0.2) is 84.6 Å². The Bertz CT molecular complexity index is 978. The van der Waals surface area contributed by atoms with E-state index in [1.165, 1.54) is 0 Å². The lowest BCUT2D eigenvalue weighted by Crippen LogP contribution is -1.95. The molecule has 0 amide bonds. The molecular formula is C20H17N5. The molecular weight excluding hydrogens is 310 g/mol. The summed E-state index contributed by atoms with van der Waals surface area (Å²) in [4.78, 5) is 12.8. The Morgan fingerprint density at radius 1 is 0.880 bits per heavy atom. The number of nitrogens with zero attached hydrogens (tertiary/aromatic N) is 5. The third kappa shape index (κ3) is 3.26. The lowest BCUT2D eigenvalue weighted by molar-refractivity contribution is 0.975. The molecule has 4 rings (SSSR count). The Labute approximate surface area is 146 Å². The molecule has 0 atom stereocenters. The number of aryl methyl sites for hydroxylation is 1. The number of aliphatic imine (C=N–C) groups is 1. The van der Waals surface area contributed by atoms with Gasteiger partial charge in [-0.05, 0) is 48.9 Å². The second-order valence-corrected chi connectivity index (χ2v) is 5.68. The highest BCUT2D eigenvalue weighted by Crippen LogP contribution is 2.16. The second kappa shape index (κ2) is 6.57. The zero-order chi connectivity index (χ0) is 17.1. The topological polar surface area (TPSA) is 48.0 Å². The van der Waals surface area contributed by atoms with Crippen LogP contribution in [0.2, 0.25) is 0 Å². The summed E-state index contributed by atoms with van der Waals surface area (Å²) in [6.45, 7) is 1.99. The molecule has 2 aromatic heterocycles. The summed E-state index contributed by atoms with van der Waals surface area (Å²) in [5, 5.41) is 0. The molecule has 25 heavy (non-hydrogen) atoms. The third-order valence-electron chi connectivity index (χ3n) is 4.01. The number of hydrogen-bond acceptors (Lipinski definition) is 3. The summed E-state index contributed by atoms with van der Waals surface area (Å²) in [6, 6.07) is 16.3. The quantitative estimate of drug-likeness (QED) is 0.529. The highest BCUT2D eigenvalue weighted by atomic mass is 15.1. The molecule has 0 bridgehead atoms. The van der Waals surface area contributed by atoms with Crippen LogP contribution in [0.3, 0.4) is 0 Å². The summed E-state index contributed by atoms with van der Waals surface area (Å²) in [5.74, 6) is 0.972. The van der Waals surface area contributed by atoms with E-state index in [0.29, 0.717) is 0 Å². The SMILES string of the molecule is Cc1nccn1-c1ccc(/C=N/c2ccc(-n3ccnc3)cc2)cc1. The van der Waals surface area contributed by atoms with Crippen LogP contribution >= 0.6 is 0 Å². The Hall–Kier alpha value is -3.47. The number of hydrogen-bond donors (Lipinski definition) is 0. The van der Waals surface area contributed by atoms with Crippen LogP contribution in [0.4, 0.5) is 5.69 Å². The van der Waals surface area contributed by atoms with Gasteiger partial charge in [-0.25, -0.2) is 9.97 Å². The van der Waals surface area contributed by atoms with Crippen molar-refractivity contribution in [3.05, 3.63) is 91.0 Å². The van der Waals surface area contributed by atoms with Crippen molar-refractivity contribution in [2.24, 2.45) is 4.99 Å². The van der Waals surface area contributed by atoms with Gasteiger partial charge >= 0.3 is 0 Å². The van der Waals surface area contributed by atoms with E-state index in [4.69, 9.17) is 0 Å². The van der Waals surface area contributed by atoms with Crippen LogP contribution in [0, 0.1) is 6.92 Å². The lowest BCUT2D eigenvalue weighted by Gasteiger charge is -2.05.